The summed E-state index contributed by atoms with van der Waals surface area (Å²) in [5.41, 5.74) is -1.61. The first-order valence-corrected chi connectivity index (χ1v) is 4.06. The molecule has 0 radical (unpaired) electrons. The number of allylic oxidation sites excluding steroid dienone is 1. The topological polar surface area (TPSA) is 66.8 Å². The van der Waals surface area contributed by atoms with E-state index in [1.807, 2.05) is 0 Å². The zero-order valence-electron chi connectivity index (χ0n) is 7.36. The summed E-state index contributed by atoms with van der Waals surface area (Å²) in [7, 11) is 0. The summed E-state index contributed by atoms with van der Waals surface area (Å²) in [4.78, 5) is 11.2. The van der Waals surface area contributed by atoms with Crippen molar-refractivity contribution in [3.63, 3.8) is 0 Å². The Hall–Kier alpha value is -1.29. The van der Waals surface area contributed by atoms with Gasteiger partial charge in [0.05, 0.1) is 6.61 Å². The number of aliphatic hydroxyl groups excluding tert-OH is 1. The molecule has 0 aromatic carbocycles. The Morgan fingerprint density at radius 1 is 1.77 bits per heavy atom. The van der Waals surface area contributed by atoms with E-state index in [9.17, 15) is 9.90 Å². The second kappa shape index (κ2) is 3.62. The van der Waals surface area contributed by atoms with Gasteiger partial charge in [0.1, 0.15) is 5.76 Å². The Morgan fingerprint density at radius 2 is 2.46 bits per heavy atom. The molecule has 0 aromatic heterocycles. The van der Waals surface area contributed by atoms with E-state index in [0.717, 1.165) is 0 Å². The molecule has 0 heterocycles. The van der Waals surface area contributed by atoms with Crippen molar-refractivity contribution in [1.29, 1.82) is 0 Å². The van der Waals surface area contributed by atoms with Crippen LogP contribution in [0.5, 0.6) is 0 Å². The first-order chi connectivity index (χ1) is 6.08. The zero-order chi connectivity index (χ0) is 9.90. The quantitative estimate of drug-likeness (QED) is 0.619. The van der Waals surface area contributed by atoms with Crippen molar-refractivity contribution in [3.05, 3.63) is 24.0 Å². The van der Waals surface area contributed by atoms with Crippen molar-refractivity contribution in [1.82, 2.24) is 0 Å². The van der Waals surface area contributed by atoms with Crippen molar-refractivity contribution in [2.24, 2.45) is 0 Å². The van der Waals surface area contributed by atoms with Crippen LogP contribution in [0.1, 0.15) is 13.3 Å². The van der Waals surface area contributed by atoms with Gasteiger partial charge in [-0.3, -0.25) is 0 Å². The summed E-state index contributed by atoms with van der Waals surface area (Å²) in [6.07, 6.45) is 3.94. The third kappa shape index (κ3) is 2.09. The third-order valence-corrected chi connectivity index (χ3v) is 1.78. The van der Waals surface area contributed by atoms with E-state index in [0.29, 0.717) is 0 Å². The summed E-state index contributed by atoms with van der Waals surface area (Å²) in [5.74, 6) is -0.635. The molecule has 13 heavy (non-hydrogen) atoms. The van der Waals surface area contributed by atoms with Crippen LogP contribution in [-0.4, -0.2) is 28.4 Å². The second-order valence-electron chi connectivity index (χ2n) is 2.81. The van der Waals surface area contributed by atoms with E-state index in [1.165, 1.54) is 18.2 Å². The van der Waals surface area contributed by atoms with Gasteiger partial charge in [-0.25, -0.2) is 4.79 Å². The number of rotatable bonds is 2. The minimum atomic E-state index is -1.61. The van der Waals surface area contributed by atoms with Crippen molar-refractivity contribution >= 4 is 5.97 Å². The molecule has 0 amide bonds. The zero-order valence-corrected chi connectivity index (χ0v) is 7.36. The van der Waals surface area contributed by atoms with Gasteiger partial charge >= 0.3 is 5.97 Å². The molecule has 0 spiro atoms. The Balaban J connectivity index is 2.70. The molecule has 4 nitrogen and oxygen atoms in total. The van der Waals surface area contributed by atoms with Crippen LogP contribution in [-0.2, 0) is 9.53 Å². The predicted octanol–water partition coefficient (Wildman–Crippen LogP) is 0.682. The number of hydrogen-bond acceptors (Lipinski definition) is 4. The van der Waals surface area contributed by atoms with Gasteiger partial charge in [0.2, 0.25) is 0 Å². The minimum absolute atomic E-state index is 0.0498. The number of carbonyl (C=O) groups is 1. The lowest BCUT2D eigenvalue weighted by molar-refractivity contribution is -0.159. The van der Waals surface area contributed by atoms with Crippen molar-refractivity contribution in [2.75, 3.05) is 6.61 Å². The predicted molar refractivity (Wildman–Crippen MR) is 46.1 cm³/mol. The molecular weight excluding hydrogens is 172 g/mol. The molecule has 1 atom stereocenters. The lowest BCUT2D eigenvalue weighted by atomic mass is 9.95. The fraction of sp³-hybridized carbons (Fsp3) is 0.444. The van der Waals surface area contributed by atoms with E-state index in [4.69, 9.17) is 5.11 Å². The summed E-state index contributed by atoms with van der Waals surface area (Å²) >= 11 is 0. The number of esters is 1. The van der Waals surface area contributed by atoms with Gasteiger partial charge in [-0.2, -0.15) is 0 Å². The Labute approximate surface area is 76.1 Å². The van der Waals surface area contributed by atoms with Gasteiger partial charge in [-0.15, -0.1) is 0 Å². The maximum absolute atomic E-state index is 11.2. The molecule has 0 fully saturated rings. The smallest absolute Gasteiger partial charge is 0.342 e. The number of ether oxygens (including phenoxy) is 1. The molecule has 4 heteroatoms. The van der Waals surface area contributed by atoms with Crippen LogP contribution < -0.4 is 0 Å². The van der Waals surface area contributed by atoms with E-state index < -0.39 is 11.6 Å². The fourth-order valence-corrected chi connectivity index (χ4v) is 1.03. The largest absolute Gasteiger partial charge is 0.508 e. The van der Waals surface area contributed by atoms with Crippen molar-refractivity contribution in [3.8, 4) is 0 Å². The van der Waals surface area contributed by atoms with Crippen LogP contribution in [0.15, 0.2) is 24.0 Å². The van der Waals surface area contributed by atoms with Crippen LogP contribution in [0.2, 0.25) is 0 Å². The van der Waals surface area contributed by atoms with Gasteiger partial charge in [-0.05, 0) is 25.2 Å². The molecule has 0 aromatic rings. The third-order valence-electron chi connectivity index (χ3n) is 1.78. The Bertz CT molecular complexity index is 267. The molecule has 72 valence electrons. The van der Waals surface area contributed by atoms with Crippen LogP contribution in [0.3, 0.4) is 0 Å². The van der Waals surface area contributed by atoms with Crippen LogP contribution in [0.4, 0.5) is 0 Å². The lowest BCUT2D eigenvalue weighted by Gasteiger charge is -2.22. The highest BCUT2D eigenvalue weighted by atomic mass is 16.5. The molecule has 1 unspecified atom stereocenters. The van der Waals surface area contributed by atoms with Crippen molar-refractivity contribution < 1.29 is 19.7 Å². The molecular formula is C9H12O4. The highest BCUT2D eigenvalue weighted by Gasteiger charge is 2.35. The van der Waals surface area contributed by atoms with Gasteiger partial charge < -0.3 is 14.9 Å². The Morgan fingerprint density at radius 3 is 2.92 bits per heavy atom. The highest BCUT2D eigenvalue weighted by Crippen LogP contribution is 2.21. The molecule has 1 aliphatic rings. The number of aliphatic hydroxyl groups is 2. The van der Waals surface area contributed by atoms with Crippen molar-refractivity contribution in [2.45, 2.75) is 18.9 Å². The first-order valence-electron chi connectivity index (χ1n) is 4.06. The average molecular weight is 184 g/mol. The molecule has 0 aliphatic heterocycles. The molecule has 0 saturated carbocycles. The standard InChI is InChI=1S/C9H12O4/c1-2-13-8(11)9(12)5-3-7(10)4-6-9/h3-5,10,12H,2,6H2,1H3. The second-order valence-corrected chi connectivity index (χ2v) is 2.81. The summed E-state index contributed by atoms with van der Waals surface area (Å²) in [6.45, 7) is 1.89. The molecule has 0 saturated heterocycles. The Kier molecular flexibility index (Phi) is 2.72. The van der Waals surface area contributed by atoms with E-state index in [1.54, 1.807) is 6.92 Å². The number of carbonyl (C=O) groups excluding carboxylic acids is 1. The fourth-order valence-electron chi connectivity index (χ4n) is 1.03. The summed E-state index contributed by atoms with van der Waals surface area (Å²) in [6, 6.07) is 0. The van der Waals surface area contributed by atoms with E-state index >= 15 is 0 Å². The lowest BCUT2D eigenvalue weighted by Crippen LogP contribution is -2.38. The van der Waals surface area contributed by atoms with Gasteiger partial charge in [-0.1, -0.05) is 0 Å². The first kappa shape index (κ1) is 9.80. The molecule has 2 N–H and O–H groups in total. The maximum atomic E-state index is 11.2. The van der Waals surface area contributed by atoms with E-state index in [-0.39, 0.29) is 18.8 Å². The SMILES string of the molecule is CCOC(=O)C1(O)C=CC(O)=CC1. The normalized spacial score (nSPS) is 26.8. The highest BCUT2D eigenvalue weighted by molar-refractivity contribution is 5.82. The monoisotopic (exact) mass is 184 g/mol. The number of hydrogen-bond donors (Lipinski definition) is 2. The van der Waals surface area contributed by atoms with Gasteiger partial charge in [0.25, 0.3) is 0 Å². The summed E-state index contributed by atoms with van der Waals surface area (Å²) < 4.78 is 4.67. The van der Waals surface area contributed by atoms with Crippen LogP contribution in [0, 0.1) is 0 Å². The van der Waals surface area contributed by atoms with Gasteiger partial charge in [0.15, 0.2) is 5.60 Å². The van der Waals surface area contributed by atoms with Gasteiger partial charge in [0, 0.05) is 6.42 Å². The molecule has 0 bridgehead atoms. The molecule has 1 rings (SSSR count). The maximum Gasteiger partial charge on any atom is 0.342 e. The minimum Gasteiger partial charge on any atom is -0.508 e. The van der Waals surface area contributed by atoms with E-state index in [2.05, 4.69) is 4.74 Å². The van der Waals surface area contributed by atoms with Crippen LogP contribution in [0.25, 0.3) is 0 Å². The molecule has 1 aliphatic carbocycles. The van der Waals surface area contributed by atoms with Crippen LogP contribution >= 0.6 is 0 Å². The average Bonchev–Trinajstić information content (AvgIpc) is 2.11. The summed E-state index contributed by atoms with van der Waals surface area (Å²) in [5, 5.41) is 18.6.